The number of benzene rings is 3. The molecule has 0 atom stereocenters. The lowest BCUT2D eigenvalue weighted by molar-refractivity contribution is 0.268. The quantitative estimate of drug-likeness (QED) is 0.254. The fourth-order valence-electron chi connectivity index (χ4n) is 3.68. The molecule has 0 amide bonds. The molecule has 33 heavy (non-hydrogen) atoms. The molecule has 0 unspecified atom stereocenters. The largest absolute Gasteiger partial charge is 0.473 e. The summed E-state index contributed by atoms with van der Waals surface area (Å²) >= 11 is 3.55. The van der Waals surface area contributed by atoms with Gasteiger partial charge in [0.15, 0.2) is 0 Å². The molecule has 2 aromatic heterocycles. The summed E-state index contributed by atoms with van der Waals surface area (Å²) in [5.74, 6) is 1.00. The fraction of sp³-hybridized carbons (Fsp3) is 0.111. The highest BCUT2D eigenvalue weighted by Gasteiger charge is 2.18. The van der Waals surface area contributed by atoms with Gasteiger partial charge in [-0.05, 0) is 35.4 Å². The number of hydrogen-bond donors (Lipinski definition) is 0. The zero-order valence-electron chi connectivity index (χ0n) is 18.1. The second kappa shape index (κ2) is 9.46. The van der Waals surface area contributed by atoms with Crippen LogP contribution in [0, 0.1) is 0 Å². The lowest BCUT2D eigenvalue weighted by Crippen LogP contribution is -2.02. The van der Waals surface area contributed by atoms with Gasteiger partial charge in [0.1, 0.15) is 18.9 Å². The van der Waals surface area contributed by atoms with Crippen LogP contribution in [0.1, 0.15) is 11.1 Å². The van der Waals surface area contributed by atoms with Crippen molar-refractivity contribution < 1.29 is 9.47 Å². The van der Waals surface area contributed by atoms with E-state index < -0.39 is 0 Å². The Kier molecular flexibility index (Phi) is 6.09. The van der Waals surface area contributed by atoms with Gasteiger partial charge in [0.2, 0.25) is 11.8 Å². The number of hydrogen-bond acceptors (Lipinski definition) is 4. The maximum atomic E-state index is 6.20. The van der Waals surface area contributed by atoms with Crippen LogP contribution in [0.4, 0.5) is 0 Å². The topological polar surface area (TPSA) is 49.2 Å². The molecular formula is C27H22BrN3O2. The Bertz CT molecular complexity index is 1390. The van der Waals surface area contributed by atoms with Crippen LogP contribution in [0.3, 0.4) is 0 Å². The van der Waals surface area contributed by atoms with E-state index in [-0.39, 0.29) is 0 Å². The van der Waals surface area contributed by atoms with E-state index in [1.165, 1.54) is 0 Å². The minimum absolute atomic E-state index is 0.402. The van der Waals surface area contributed by atoms with Gasteiger partial charge in [0, 0.05) is 23.0 Å². The van der Waals surface area contributed by atoms with E-state index in [0.717, 1.165) is 37.8 Å². The van der Waals surface area contributed by atoms with Crippen molar-refractivity contribution in [2.75, 3.05) is 0 Å². The summed E-state index contributed by atoms with van der Waals surface area (Å²) in [7, 11) is 1.94. The van der Waals surface area contributed by atoms with E-state index in [2.05, 4.69) is 28.1 Å². The Morgan fingerprint density at radius 2 is 1.45 bits per heavy atom. The number of ether oxygens (including phenoxy) is 2. The zero-order valence-corrected chi connectivity index (χ0v) is 19.7. The van der Waals surface area contributed by atoms with Crippen molar-refractivity contribution >= 4 is 26.8 Å². The Hall–Kier alpha value is -3.64. The smallest absolute Gasteiger partial charge is 0.226 e. The molecule has 0 saturated carbocycles. The van der Waals surface area contributed by atoms with Crippen molar-refractivity contribution in [1.82, 2.24) is 14.8 Å². The highest BCUT2D eigenvalue weighted by molar-refractivity contribution is 9.10. The van der Waals surface area contributed by atoms with Crippen LogP contribution in [-0.4, -0.2) is 14.8 Å². The van der Waals surface area contributed by atoms with Crippen molar-refractivity contribution in [3.63, 3.8) is 0 Å². The number of pyridine rings is 1. The summed E-state index contributed by atoms with van der Waals surface area (Å²) in [5, 5.41) is 5.81. The van der Waals surface area contributed by atoms with Crippen LogP contribution in [0.15, 0.2) is 95.5 Å². The predicted molar refractivity (Wildman–Crippen MR) is 133 cm³/mol. The average Bonchev–Trinajstić information content (AvgIpc) is 3.18. The van der Waals surface area contributed by atoms with Crippen molar-refractivity contribution in [2.24, 2.45) is 7.05 Å². The third-order valence-electron chi connectivity index (χ3n) is 5.35. The molecule has 6 heteroatoms. The van der Waals surface area contributed by atoms with Gasteiger partial charge in [-0.3, -0.25) is 4.68 Å². The van der Waals surface area contributed by atoms with Gasteiger partial charge in [0.25, 0.3) is 0 Å². The van der Waals surface area contributed by atoms with Gasteiger partial charge in [-0.15, -0.1) is 0 Å². The van der Waals surface area contributed by atoms with Crippen LogP contribution in [0.5, 0.6) is 11.8 Å². The first-order chi connectivity index (χ1) is 16.2. The maximum absolute atomic E-state index is 6.20. The molecule has 0 N–H and O–H groups in total. The Labute approximate surface area is 200 Å². The summed E-state index contributed by atoms with van der Waals surface area (Å²) in [6, 6.07) is 30.0. The van der Waals surface area contributed by atoms with Crippen molar-refractivity contribution in [1.29, 1.82) is 0 Å². The van der Waals surface area contributed by atoms with Crippen LogP contribution >= 0.6 is 15.9 Å². The molecule has 0 fully saturated rings. The average molecular weight is 500 g/mol. The minimum atomic E-state index is 0.402. The number of rotatable bonds is 7. The molecule has 0 saturated heterocycles. The molecule has 0 radical (unpaired) electrons. The maximum Gasteiger partial charge on any atom is 0.226 e. The van der Waals surface area contributed by atoms with Crippen molar-refractivity contribution in [3.05, 3.63) is 107 Å². The first kappa shape index (κ1) is 21.2. The summed E-state index contributed by atoms with van der Waals surface area (Å²) in [6.45, 7) is 0.838. The third-order valence-corrected chi connectivity index (χ3v) is 5.84. The van der Waals surface area contributed by atoms with Crippen molar-refractivity contribution in [3.8, 4) is 23.0 Å². The molecule has 0 bridgehead atoms. The van der Waals surface area contributed by atoms with Crippen LogP contribution in [-0.2, 0) is 20.3 Å². The predicted octanol–water partition coefficient (Wildman–Crippen LogP) is 6.56. The molecule has 0 spiro atoms. The summed E-state index contributed by atoms with van der Waals surface area (Å²) in [5.41, 5.74) is 4.82. The standard InChI is InChI=1S/C27H22BrN3O2/c1-31-24-16-21(28)12-13-22(24)26(30-31)23-14-15-25(32-17-19-8-4-2-5-9-19)29-27(23)33-18-20-10-6-3-7-11-20/h2-16H,17-18H2,1H3. The number of fused-ring (bicyclic) bond motifs is 1. The molecule has 0 aliphatic rings. The van der Waals surface area contributed by atoms with Gasteiger partial charge in [-0.2, -0.15) is 10.1 Å². The van der Waals surface area contributed by atoms with E-state index >= 15 is 0 Å². The van der Waals surface area contributed by atoms with Gasteiger partial charge >= 0.3 is 0 Å². The summed E-state index contributed by atoms with van der Waals surface area (Å²) in [6.07, 6.45) is 0. The minimum Gasteiger partial charge on any atom is -0.473 e. The molecule has 5 rings (SSSR count). The van der Waals surface area contributed by atoms with E-state index in [9.17, 15) is 0 Å². The van der Waals surface area contributed by atoms with E-state index in [4.69, 9.17) is 19.6 Å². The summed E-state index contributed by atoms with van der Waals surface area (Å²) < 4.78 is 15.0. The van der Waals surface area contributed by atoms with Gasteiger partial charge in [-0.25, -0.2) is 0 Å². The molecule has 0 aliphatic carbocycles. The summed E-state index contributed by atoms with van der Waals surface area (Å²) in [4.78, 5) is 4.71. The van der Waals surface area contributed by atoms with Crippen LogP contribution in [0.25, 0.3) is 22.2 Å². The number of nitrogens with zero attached hydrogens (tertiary/aromatic N) is 3. The van der Waals surface area contributed by atoms with E-state index in [1.54, 1.807) is 0 Å². The molecule has 0 aliphatic heterocycles. The highest BCUT2D eigenvalue weighted by atomic mass is 79.9. The fourth-order valence-corrected chi connectivity index (χ4v) is 4.03. The molecule has 164 valence electrons. The second-order valence-corrected chi connectivity index (χ2v) is 8.60. The highest BCUT2D eigenvalue weighted by Crippen LogP contribution is 2.36. The van der Waals surface area contributed by atoms with Crippen LogP contribution < -0.4 is 9.47 Å². The number of aromatic nitrogens is 3. The van der Waals surface area contributed by atoms with E-state index in [1.807, 2.05) is 90.6 Å². The van der Waals surface area contributed by atoms with Crippen LogP contribution in [0.2, 0.25) is 0 Å². The third kappa shape index (κ3) is 4.76. The SMILES string of the molecule is Cn1nc(-c2ccc(OCc3ccccc3)nc2OCc2ccccc2)c2ccc(Br)cc21. The van der Waals surface area contributed by atoms with Crippen molar-refractivity contribution in [2.45, 2.75) is 13.2 Å². The Morgan fingerprint density at radius 1 is 0.788 bits per heavy atom. The van der Waals surface area contributed by atoms with Gasteiger partial charge < -0.3 is 9.47 Å². The molecular weight excluding hydrogens is 478 g/mol. The molecule has 5 nitrogen and oxygen atoms in total. The molecule has 2 heterocycles. The first-order valence-electron chi connectivity index (χ1n) is 10.6. The molecule has 3 aromatic carbocycles. The van der Waals surface area contributed by atoms with Gasteiger partial charge in [0.05, 0.1) is 11.1 Å². The first-order valence-corrected chi connectivity index (χ1v) is 11.4. The normalized spacial score (nSPS) is 11.0. The zero-order chi connectivity index (χ0) is 22.6. The van der Waals surface area contributed by atoms with Gasteiger partial charge in [-0.1, -0.05) is 76.6 Å². The number of aryl methyl sites for hydroxylation is 1. The van der Waals surface area contributed by atoms with E-state index in [0.29, 0.717) is 25.0 Å². The lowest BCUT2D eigenvalue weighted by atomic mass is 10.1. The monoisotopic (exact) mass is 499 g/mol. The Balaban J connectivity index is 1.51. The molecule has 5 aromatic rings. The lowest BCUT2D eigenvalue weighted by Gasteiger charge is -2.12. The Morgan fingerprint density at radius 3 is 2.15 bits per heavy atom. The second-order valence-electron chi connectivity index (χ2n) is 7.68. The number of halogens is 1.